The third-order valence-corrected chi connectivity index (χ3v) is 16.6. The van der Waals surface area contributed by atoms with Gasteiger partial charge in [0.2, 0.25) is 5.91 Å². The molecule has 0 unspecified atom stereocenters. The van der Waals surface area contributed by atoms with Gasteiger partial charge >= 0.3 is 0 Å². The van der Waals surface area contributed by atoms with Gasteiger partial charge in [-0.2, -0.15) is 0 Å². The van der Waals surface area contributed by atoms with Crippen LogP contribution in [0.5, 0.6) is 11.5 Å². The summed E-state index contributed by atoms with van der Waals surface area (Å²) in [6.07, 6.45) is 8.97. The molecular formula is C44H57N3O7Si. The average Bonchev–Trinajstić information content (AvgIpc) is 3.83. The summed E-state index contributed by atoms with van der Waals surface area (Å²) < 4.78 is 19.7. The normalized spacial score (nSPS) is 23.7. The number of hydrogen-bond donors (Lipinski definition) is 1. The van der Waals surface area contributed by atoms with Crippen molar-refractivity contribution in [3.8, 4) is 17.2 Å². The zero-order valence-electron chi connectivity index (χ0n) is 33.6. The molecule has 5 atom stereocenters. The van der Waals surface area contributed by atoms with E-state index in [1.165, 1.54) is 28.0 Å². The Kier molecular flexibility index (Phi) is 11.9. The molecule has 2 saturated heterocycles. The van der Waals surface area contributed by atoms with E-state index in [9.17, 15) is 14.7 Å². The van der Waals surface area contributed by atoms with Crippen LogP contribution in [0, 0.1) is 5.92 Å². The van der Waals surface area contributed by atoms with E-state index < -0.39 is 19.8 Å². The Bertz CT molecular complexity index is 2020. The second-order valence-electron chi connectivity index (χ2n) is 16.2. The number of rotatable bonds is 13. The lowest BCUT2D eigenvalue weighted by molar-refractivity contribution is -0.149. The van der Waals surface area contributed by atoms with Crippen molar-refractivity contribution in [2.24, 2.45) is 5.92 Å². The molecule has 294 valence electrons. The smallest absolute Gasteiger partial charge is 0.297 e. The highest BCUT2D eigenvalue weighted by molar-refractivity contribution is 6.91. The van der Waals surface area contributed by atoms with Crippen LogP contribution >= 0.6 is 0 Å². The van der Waals surface area contributed by atoms with Crippen LogP contribution in [-0.2, 0) is 19.9 Å². The first kappa shape index (κ1) is 40.2. The zero-order valence-corrected chi connectivity index (χ0v) is 34.6. The fraction of sp³-hybridized carbons (Fsp3) is 0.477. The van der Waals surface area contributed by atoms with Gasteiger partial charge in [-0.3, -0.25) is 19.0 Å². The number of likely N-dealkylation sites (tertiary alicyclic amines) is 1. The lowest BCUT2D eigenvalue weighted by atomic mass is 9.82. The highest BCUT2D eigenvalue weighted by Gasteiger charge is 2.66. The van der Waals surface area contributed by atoms with E-state index in [1.807, 2.05) is 35.2 Å². The van der Waals surface area contributed by atoms with Crippen molar-refractivity contribution >= 4 is 30.8 Å². The summed E-state index contributed by atoms with van der Waals surface area (Å²) in [4.78, 5) is 46.7. The van der Waals surface area contributed by atoms with Crippen molar-refractivity contribution in [1.29, 1.82) is 0 Å². The molecule has 0 aliphatic carbocycles. The Morgan fingerprint density at radius 2 is 1.78 bits per heavy atom. The van der Waals surface area contributed by atoms with E-state index >= 15 is 4.79 Å². The number of aromatic nitrogens is 1. The van der Waals surface area contributed by atoms with Crippen molar-refractivity contribution in [2.45, 2.75) is 96.2 Å². The lowest BCUT2D eigenvalue weighted by Crippen LogP contribution is -2.52. The van der Waals surface area contributed by atoms with Gasteiger partial charge in [-0.05, 0) is 94.5 Å². The molecular weight excluding hydrogens is 711 g/mol. The van der Waals surface area contributed by atoms with Crippen LogP contribution in [0.1, 0.15) is 65.4 Å². The first-order valence-corrected chi connectivity index (χ1v) is 22.6. The first-order chi connectivity index (χ1) is 26.3. The molecule has 2 amide bonds. The van der Waals surface area contributed by atoms with Gasteiger partial charge in [0.15, 0.2) is 11.4 Å². The minimum atomic E-state index is -2.53. The molecule has 0 bridgehead atoms. The molecule has 4 heterocycles. The van der Waals surface area contributed by atoms with Crippen LogP contribution in [0.3, 0.4) is 0 Å². The Balaban J connectivity index is 1.49. The number of fused-ring (bicyclic) bond motifs is 2. The van der Waals surface area contributed by atoms with Crippen LogP contribution in [0.4, 0.5) is 5.69 Å². The van der Waals surface area contributed by atoms with Gasteiger partial charge in [-0.15, -0.1) is 0 Å². The maximum Gasteiger partial charge on any atom is 0.297 e. The Hall–Kier alpha value is -4.45. The van der Waals surface area contributed by atoms with Crippen molar-refractivity contribution < 1.29 is 28.9 Å². The molecule has 10 nitrogen and oxygen atoms in total. The van der Waals surface area contributed by atoms with Crippen molar-refractivity contribution in [3.05, 3.63) is 100 Å². The molecule has 0 saturated carbocycles. The van der Waals surface area contributed by atoms with Crippen LogP contribution in [0.2, 0.25) is 18.6 Å². The second-order valence-corrected chi connectivity index (χ2v) is 20.9. The number of ether oxygens (including phenoxy) is 3. The summed E-state index contributed by atoms with van der Waals surface area (Å²) in [5, 5.41) is 11.3. The fourth-order valence-electron chi connectivity index (χ4n) is 9.25. The summed E-state index contributed by atoms with van der Waals surface area (Å²) in [6.45, 7) is 13.9. The van der Waals surface area contributed by atoms with Gasteiger partial charge < -0.3 is 29.1 Å². The predicted octanol–water partition coefficient (Wildman–Crippen LogP) is 6.48. The summed E-state index contributed by atoms with van der Waals surface area (Å²) >= 11 is 0. The maximum absolute atomic E-state index is 15.4. The Morgan fingerprint density at radius 3 is 2.45 bits per heavy atom. The van der Waals surface area contributed by atoms with Gasteiger partial charge in [0, 0.05) is 36.5 Å². The molecule has 3 aliphatic heterocycles. The monoisotopic (exact) mass is 767 g/mol. The SMILES string of the molecule is COc1ccc([Si](C)(C)[C@@H]2[C@@H](CC(=O)N3CCC[C@H]3CO)O[C@]3(C(=O)N(C/C=C(\C)CCC=C(C)C)c4ccc(-n5cccc(OC)c5=O)cc43)[C@H]2C)cc1. The molecule has 1 spiro atoms. The number of amides is 2. The number of allylic oxidation sites excluding steroid dienone is 3. The number of anilines is 1. The average molecular weight is 768 g/mol. The number of carbonyl (C=O) groups excluding carboxylic acids is 2. The standard InChI is InChI=1S/C44H57N3O7Si/c1-29(2)12-9-13-30(3)22-25-47-37-21-16-32(46-24-11-15-38(53-6)42(46)50)26-36(37)44(43(47)51)31(4)41(55(7,8)35-19-17-34(52-5)18-20-35)39(54-44)27-40(49)45-23-10-14-33(45)28-48/h11-12,15-22,24,26,31,33,39,41,48H,9-10,13-14,23,25,27-28H2,1-8H3/b30-22+/t31-,33-,39+,41-,44+/m0/s1. The maximum atomic E-state index is 15.4. The molecule has 1 N–H and O–H groups in total. The largest absolute Gasteiger partial charge is 0.497 e. The van der Waals surface area contributed by atoms with Gasteiger partial charge in [-0.1, -0.05) is 60.6 Å². The quantitative estimate of drug-likeness (QED) is 0.157. The molecule has 2 fully saturated rings. The Labute approximate surface area is 326 Å². The number of aliphatic hydroxyl groups excluding tert-OH is 1. The topological polar surface area (TPSA) is 111 Å². The van der Waals surface area contributed by atoms with Crippen LogP contribution in [0.15, 0.2) is 88.9 Å². The van der Waals surface area contributed by atoms with E-state index in [2.05, 4.69) is 65.1 Å². The molecule has 3 aromatic rings. The van der Waals surface area contributed by atoms with Crippen LogP contribution in [0.25, 0.3) is 5.69 Å². The lowest BCUT2D eigenvalue weighted by Gasteiger charge is -2.37. The van der Waals surface area contributed by atoms with Crippen molar-refractivity contribution in [3.63, 3.8) is 0 Å². The third-order valence-electron chi connectivity index (χ3n) is 12.2. The van der Waals surface area contributed by atoms with E-state index in [4.69, 9.17) is 14.2 Å². The van der Waals surface area contributed by atoms with E-state index in [0.717, 1.165) is 37.1 Å². The minimum absolute atomic E-state index is 0.0653. The minimum Gasteiger partial charge on any atom is -0.497 e. The molecule has 11 heteroatoms. The van der Waals surface area contributed by atoms with Crippen molar-refractivity contribution in [1.82, 2.24) is 9.47 Å². The first-order valence-electron chi connectivity index (χ1n) is 19.5. The van der Waals surface area contributed by atoms with Gasteiger partial charge in [-0.25, -0.2) is 0 Å². The summed E-state index contributed by atoms with van der Waals surface area (Å²) in [6, 6.07) is 17.0. The summed E-state index contributed by atoms with van der Waals surface area (Å²) in [5.41, 5.74) is 2.61. The number of methoxy groups -OCH3 is 2. The molecule has 1 aromatic heterocycles. The molecule has 55 heavy (non-hydrogen) atoms. The number of carbonyl (C=O) groups is 2. The van der Waals surface area contributed by atoms with Crippen molar-refractivity contribution in [2.75, 3.05) is 38.8 Å². The van der Waals surface area contributed by atoms with Gasteiger partial charge in [0.25, 0.3) is 11.5 Å². The highest BCUT2D eigenvalue weighted by atomic mass is 28.3. The molecule has 6 rings (SSSR count). The van der Waals surface area contributed by atoms with Crippen LogP contribution in [-0.4, -0.2) is 80.5 Å². The van der Waals surface area contributed by atoms with Gasteiger partial charge in [0.05, 0.1) is 53.2 Å². The van der Waals surface area contributed by atoms with Gasteiger partial charge in [0.1, 0.15) is 5.75 Å². The third kappa shape index (κ3) is 7.46. The number of pyridine rings is 1. The second kappa shape index (κ2) is 16.3. The fourth-order valence-corrected chi connectivity index (χ4v) is 13.3. The van der Waals surface area contributed by atoms with E-state index in [1.54, 1.807) is 30.3 Å². The van der Waals surface area contributed by atoms with E-state index in [-0.39, 0.29) is 53.7 Å². The number of aliphatic hydroxyl groups is 1. The number of benzene rings is 2. The van der Waals surface area contributed by atoms with E-state index in [0.29, 0.717) is 24.3 Å². The van der Waals surface area contributed by atoms with Crippen LogP contribution < -0.4 is 25.1 Å². The summed E-state index contributed by atoms with van der Waals surface area (Å²) in [5.74, 6) is 0.412. The molecule has 0 radical (unpaired) electrons. The zero-order chi connectivity index (χ0) is 39.7. The number of nitrogens with zero attached hydrogens (tertiary/aromatic N) is 3. The highest BCUT2D eigenvalue weighted by Crippen LogP contribution is 2.60. The predicted molar refractivity (Wildman–Crippen MR) is 219 cm³/mol. The molecule has 2 aromatic carbocycles. The number of hydrogen-bond acceptors (Lipinski definition) is 7. The Morgan fingerprint density at radius 1 is 1.04 bits per heavy atom. The molecule has 3 aliphatic rings. The summed E-state index contributed by atoms with van der Waals surface area (Å²) in [7, 11) is 0.595.